The Morgan fingerprint density at radius 2 is 2.03 bits per heavy atom. The van der Waals surface area contributed by atoms with Gasteiger partial charge < -0.3 is 25.6 Å². The highest BCUT2D eigenvalue weighted by atomic mass is 16.5. The van der Waals surface area contributed by atoms with Crippen LogP contribution in [0.1, 0.15) is 43.1 Å². The monoisotopic (exact) mass is 484 g/mol. The van der Waals surface area contributed by atoms with Crippen LogP contribution in [0.4, 0.5) is 5.69 Å². The van der Waals surface area contributed by atoms with Gasteiger partial charge in [-0.3, -0.25) is 14.5 Å². The Balaban J connectivity index is 1.05. The second kappa shape index (κ2) is 11.2. The van der Waals surface area contributed by atoms with Crippen molar-refractivity contribution in [1.29, 1.82) is 0 Å². The number of hydrogen-bond acceptors (Lipinski definition) is 7. The zero-order valence-corrected chi connectivity index (χ0v) is 20.9. The van der Waals surface area contributed by atoms with Crippen LogP contribution in [0.25, 0.3) is 0 Å². The van der Waals surface area contributed by atoms with E-state index in [2.05, 4.69) is 37.7 Å². The van der Waals surface area contributed by atoms with Crippen molar-refractivity contribution in [2.24, 2.45) is 17.8 Å². The first-order chi connectivity index (χ1) is 17.1. The molecule has 0 aromatic carbocycles. The summed E-state index contributed by atoms with van der Waals surface area (Å²) in [5.41, 5.74) is 1.54. The minimum absolute atomic E-state index is 0.115. The van der Waals surface area contributed by atoms with Gasteiger partial charge in [-0.2, -0.15) is 0 Å². The lowest BCUT2D eigenvalue weighted by Crippen LogP contribution is -2.62. The highest BCUT2D eigenvalue weighted by Gasteiger charge is 2.39. The zero-order valence-electron chi connectivity index (χ0n) is 20.9. The summed E-state index contributed by atoms with van der Waals surface area (Å²) in [5.74, 6) is 1.27. The average molecular weight is 485 g/mol. The van der Waals surface area contributed by atoms with E-state index in [4.69, 9.17) is 4.74 Å². The number of pyridine rings is 1. The first-order valence-electron chi connectivity index (χ1n) is 13.4. The molecule has 0 bridgehead atoms. The first kappa shape index (κ1) is 24.5. The number of carbonyl (C=O) groups is 2. The number of piperidine rings is 2. The lowest BCUT2D eigenvalue weighted by molar-refractivity contribution is -0.129. The minimum Gasteiger partial charge on any atom is -0.381 e. The topological polar surface area (TPSA) is 98.8 Å². The van der Waals surface area contributed by atoms with E-state index < -0.39 is 0 Å². The lowest BCUT2D eigenvalue weighted by Gasteiger charge is -2.44. The standard InChI is InChI=1S/C26H40N6O3/c1-2-20-12-23-24(30-25(20)33)11-19(14-27-23)16-31-6-8-32(9-7-31)21-3-4-22(28-15-21)26(34)29-13-18-5-10-35-17-18/h3-4,15,18-20,23-24,27H,2,5-14,16-17H2,1H3,(H,29,34)(H,30,33)/t18-,19?,20?,23?,24?/m0/s1. The number of carbonyl (C=O) groups excluding carboxylic acids is 2. The van der Waals surface area contributed by atoms with Crippen molar-refractivity contribution in [3.63, 3.8) is 0 Å². The second-order valence-corrected chi connectivity index (χ2v) is 10.7. The molecule has 4 aliphatic heterocycles. The number of nitrogens with one attached hydrogen (secondary N) is 3. The number of ether oxygens (including phenoxy) is 1. The van der Waals surface area contributed by atoms with Gasteiger partial charge in [-0.25, -0.2) is 4.98 Å². The Labute approximate surface area is 208 Å². The van der Waals surface area contributed by atoms with E-state index in [1.54, 1.807) is 0 Å². The highest BCUT2D eigenvalue weighted by Crippen LogP contribution is 2.27. The number of nitrogens with zero attached hydrogens (tertiary/aromatic N) is 3. The Bertz CT molecular complexity index is 866. The van der Waals surface area contributed by atoms with Crippen LogP contribution in [0.15, 0.2) is 18.3 Å². The highest BCUT2D eigenvalue weighted by molar-refractivity contribution is 5.92. The largest absolute Gasteiger partial charge is 0.381 e. The van der Waals surface area contributed by atoms with Gasteiger partial charge in [-0.05, 0) is 50.3 Å². The van der Waals surface area contributed by atoms with E-state index in [1.165, 1.54) is 0 Å². The third-order valence-electron chi connectivity index (χ3n) is 8.28. The number of aromatic nitrogens is 1. The van der Waals surface area contributed by atoms with Gasteiger partial charge in [0.2, 0.25) is 5.91 Å². The van der Waals surface area contributed by atoms with Crippen molar-refractivity contribution in [2.45, 2.75) is 44.7 Å². The Morgan fingerprint density at radius 1 is 1.17 bits per heavy atom. The molecular formula is C26H40N6O3. The molecule has 4 fully saturated rings. The van der Waals surface area contributed by atoms with E-state index in [-0.39, 0.29) is 23.8 Å². The molecule has 35 heavy (non-hydrogen) atoms. The number of anilines is 1. The second-order valence-electron chi connectivity index (χ2n) is 10.7. The van der Waals surface area contributed by atoms with E-state index in [9.17, 15) is 9.59 Å². The smallest absolute Gasteiger partial charge is 0.269 e. The fraction of sp³-hybridized carbons (Fsp3) is 0.731. The predicted molar refractivity (Wildman–Crippen MR) is 134 cm³/mol. The fourth-order valence-corrected chi connectivity index (χ4v) is 6.01. The Kier molecular flexibility index (Phi) is 7.84. The SMILES string of the molecule is CCC1CC2NCC(CN3CCN(c4ccc(C(=O)NC[C@@H]5CCOC5)nc4)CC3)CC2NC1=O. The molecule has 4 saturated heterocycles. The van der Waals surface area contributed by atoms with Gasteiger partial charge in [0, 0.05) is 69.8 Å². The third kappa shape index (κ3) is 5.95. The van der Waals surface area contributed by atoms with Gasteiger partial charge in [0.25, 0.3) is 5.91 Å². The van der Waals surface area contributed by atoms with Crippen molar-refractivity contribution in [2.75, 3.05) is 63.9 Å². The molecule has 9 nitrogen and oxygen atoms in total. The third-order valence-corrected chi connectivity index (χ3v) is 8.28. The van der Waals surface area contributed by atoms with Gasteiger partial charge >= 0.3 is 0 Å². The molecule has 0 aliphatic carbocycles. The van der Waals surface area contributed by atoms with Crippen molar-refractivity contribution in [3.05, 3.63) is 24.0 Å². The summed E-state index contributed by atoms with van der Waals surface area (Å²) in [6, 6.07) is 4.55. The summed E-state index contributed by atoms with van der Waals surface area (Å²) in [5, 5.41) is 9.98. The summed E-state index contributed by atoms with van der Waals surface area (Å²) in [6.45, 7) is 10.3. The molecular weight excluding hydrogens is 444 g/mol. The Morgan fingerprint density at radius 3 is 2.74 bits per heavy atom. The maximum absolute atomic E-state index is 12.4. The summed E-state index contributed by atoms with van der Waals surface area (Å²) in [7, 11) is 0. The van der Waals surface area contributed by atoms with E-state index in [0.29, 0.717) is 30.1 Å². The van der Waals surface area contributed by atoms with Crippen molar-refractivity contribution < 1.29 is 14.3 Å². The zero-order chi connectivity index (χ0) is 24.2. The molecule has 1 aromatic heterocycles. The van der Waals surface area contributed by atoms with Crippen LogP contribution >= 0.6 is 0 Å². The van der Waals surface area contributed by atoms with Crippen LogP contribution in [-0.2, 0) is 9.53 Å². The number of amides is 2. The normalized spacial score (nSPS) is 31.6. The number of hydrogen-bond donors (Lipinski definition) is 3. The number of rotatable bonds is 7. The van der Waals surface area contributed by atoms with Gasteiger partial charge in [-0.1, -0.05) is 6.92 Å². The summed E-state index contributed by atoms with van der Waals surface area (Å²) >= 11 is 0. The molecule has 9 heteroatoms. The van der Waals surface area contributed by atoms with Crippen LogP contribution in [-0.4, -0.2) is 92.8 Å². The lowest BCUT2D eigenvalue weighted by atomic mass is 9.80. The van der Waals surface area contributed by atoms with Crippen molar-refractivity contribution in [3.8, 4) is 0 Å². The van der Waals surface area contributed by atoms with E-state index in [1.807, 2.05) is 18.3 Å². The molecule has 5 heterocycles. The molecule has 0 saturated carbocycles. The summed E-state index contributed by atoms with van der Waals surface area (Å²) in [4.78, 5) is 34.0. The number of piperazine rings is 1. The predicted octanol–water partition coefficient (Wildman–Crippen LogP) is 0.863. The summed E-state index contributed by atoms with van der Waals surface area (Å²) < 4.78 is 5.37. The van der Waals surface area contributed by atoms with Crippen LogP contribution < -0.4 is 20.9 Å². The molecule has 0 radical (unpaired) electrons. The quantitative estimate of drug-likeness (QED) is 0.528. The van der Waals surface area contributed by atoms with Crippen LogP contribution in [0.2, 0.25) is 0 Å². The van der Waals surface area contributed by atoms with Crippen LogP contribution in [0.5, 0.6) is 0 Å². The van der Waals surface area contributed by atoms with Crippen molar-refractivity contribution >= 4 is 17.5 Å². The van der Waals surface area contributed by atoms with Gasteiger partial charge in [0.1, 0.15) is 5.69 Å². The molecule has 192 valence electrons. The summed E-state index contributed by atoms with van der Waals surface area (Å²) in [6.07, 6.45) is 5.80. The molecule has 5 rings (SSSR count). The minimum atomic E-state index is -0.115. The maximum atomic E-state index is 12.4. The molecule has 5 atom stereocenters. The molecule has 2 amide bonds. The van der Waals surface area contributed by atoms with Crippen LogP contribution in [0.3, 0.4) is 0 Å². The Hall–Kier alpha value is -2.23. The van der Waals surface area contributed by atoms with Gasteiger partial charge in [0.05, 0.1) is 18.5 Å². The average Bonchev–Trinajstić information content (AvgIpc) is 3.41. The van der Waals surface area contributed by atoms with E-state index >= 15 is 0 Å². The molecule has 3 N–H and O–H groups in total. The van der Waals surface area contributed by atoms with Crippen LogP contribution in [0, 0.1) is 17.8 Å². The molecule has 4 aliphatic rings. The fourth-order valence-electron chi connectivity index (χ4n) is 6.01. The van der Waals surface area contributed by atoms with Crippen molar-refractivity contribution in [1.82, 2.24) is 25.8 Å². The molecule has 4 unspecified atom stereocenters. The van der Waals surface area contributed by atoms with Gasteiger partial charge in [0.15, 0.2) is 0 Å². The van der Waals surface area contributed by atoms with E-state index in [0.717, 1.165) is 83.9 Å². The molecule has 1 aromatic rings. The maximum Gasteiger partial charge on any atom is 0.269 e. The number of fused-ring (bicyclic) bond motifs is 1. The molecule has 0 spiro atoms. The van der Waals surface area contributed by atoms with Gasteiger partial charge in [-0.15, -0.1) is 0 Å². The first-order valence-corrected chi connectivity index (χ1v) is 13.4.